The van der Waals surface area contributed by atoms with Gasteiger partial charge in [-0.1, -0.05) is 18.2 Å². The Bertz CT molecular complexity index is 1030. The summed E-state index contributed by atoms with van der Waals surface area (Å²) in [5.74, 6) is 0. The minimum absolute atomic E-state index is 0.169. The molecular weight excluding hydrogens is 353 g/mol. The quantitative estimate of drug-likeness (QED) is 0.637. The lowest BCUT2D eigenvalue weighted by atomic mass is 10.2. The van der Waals surface area contributed by atoms with Crippen molar-refractivity contribution in [1.29, 1.82) is 0 Å². The second-order valence-electron chi connectivity index (χ2n) is 5.57. The highest BCUT2D eigenvalue weighted by molar-refractivity contribution is 7.53. The Kier molecular flexibility index (Phi) is 5.11. The fourth-order valence-corrected chi connectivity index (χ4v) is 3.64. The Morgan fingerprint density at radius 1 is 1.15 bits per heavy atom. The average Bonchev–Trinajstić information content (AvgIpc) is 2.71. The van der Waals surface area contributed by atoms with E-state index in [0.717, 1.165) is 11.4 Å². The highest BCUT2D eigenvalue weighted by Crippen LogP contribution is 2.46. The van der Waals surface area contributed by atoms with Gasteiger partial charge in [0.2, 0.25) is 0 Å². The molecule has 0 atom stereocenters. The third-order valence-electron chi connectivity index (χ3n) is 4.12. The number of H-pyrrole nitrogens is 1. The summed E-state index contributed by atoms with van der Waals surface area (Å²) in [5, 5.41) is 0.340. The van der Waals surface area contributed by atoms with Gasteiger partial charge in [-0.2, -0.15) is 0 Å². The Hall–Kier alpha value is -2.47. The third kappa shape index (κ3) is 3.85. The minimum atomic E-state index is -3.19. The standard InChI is InChI=1S/C18H20N3O4P/c1-24-26(23,25-2)11-10-21(14-6-4-3-5-7-14)15-8-9-17-16(12-15)18(22)20-13-19-17/h3-9,12-13H,10-11H2,1-2H3,(H,19,20,22)/i/hD. The molecule has 0 aliphatic rings. The van der Waals surface area contributed by atoms with Gasteiger partial charge in [-0.3, -0.25) is 9.36 Å². The van der Waals surface area contributed by atoms with Gasteiger partial charge < -0.3 is 18.9 Å². The monoisotopic (exact) mass is 374 g/mol. The molecular formula is C18H20N3O4P. The number of rotatable bonds is 7. The van der Waals surface area contributed by atoms with E-state index in [4.69, 9.17) is 10.5 Å². The lowest BCUT2D eigenvalue weighted by Crippen LogP contribution is -2.22. The molecule has 0 radical (unpaired) electrons. The molecule has 26 heavy (non-hydrogen) atoms. The number of nitrogens with one attached hydrogen (secondary N) is 1. The van der Waals surface area contributed by atoms with E-state index >= 15 is 0 Å². The normalized spacial score (nSPS) is 12.2. The van der Waals surface area contributed by atoms with Gasteiger partial charge in [0, 0.05) is 32.1 Å². The zero-order valence-electron chi connectivity index (χ0n) is 15.5. The van der Waals surface area contributed by atoms with Gasteiger partial charge >= 0.3 is 7.60 Å². The van der Waals surface area contributed by atoms with E-state index in [1.54, 1.807) is 12.1 Å². The molecule has 8 heteroatoms. The van der Waals surface area contributed by atoms with Gasteiger partial charge in [0.1, 0.15) is 0 Å². The molecule has 3 aromatic rings. The molecule has 0 unspecified atom stereocenters. The maximum Gasteiger partial charge on any atom is 0.331 e. The number of aromatic amines is 1. The van der Waals surface area contributed by atoms with Crippen LogP contribution in [0.25, 0.3) is 10.9 Å². The van der Waals surface area contributed by atoms with Crippen LogP contribution in [0, 0.1) is 0 Å². The van der Waals surface area contributed by atoms with Gasteiger partial charge in [-0.15, -0.1) is 0 Å². The lowest BCUT2D eigenvalue weighted by Gasteiger charge is -2.26. The first kappa shape index (κ1) is 17.0. The summed E-state index contributed by atoms with van der Waals surface area (Å²) in [7, 11) is -0.478. The van der Waals surface area contributed by atoms with E-state index in [1.807, 2.05) is 41.3 Å². The molecule has 136 valence electrons. The molecule has 0 saturated heterocycles. The fraction of sp³-hybridized carbons (Fsp3) is 0.222. The van der Waals surface area contributed by atoms with Crippen molar-refractivity contribution >= 4 is 29.9 Å². The Balaban J connectivity index is 2.05. The van der Waals surface area contributed by atoms with E-state index in [-0.39, 0.29) is 6.16 Å². The van der Waals surface area contributed by atoms with Crippen molar-refractivity contribution in [1.82, 2.24) is 9.96 Å². The van der Waals surface area contributed by atoms with Crippen LogP contribution in [0.15, 0.2) is 59.7 Å². The summed E-state index contributed by atoms with van der Waals surface area (Å²) in [5.41, 5.74) is 1.65. The molecule has 0 aliphatic heterocycles. The molecule has 7 nitrogen and oxygen atoms in total. The van der Waals surface area contributed by atoms with Gasteiger partial charge in [0.25, 0.3) is 5.56 Å². The molecule has 0 amide bonds. The number of aromatic nitrogens is 2. The smallest absolute Gasteiger partial charge is 0.331 e. The van der Waals surface area contributed by atoms with E-state index < -0.39 is 13.2 Å². The topological polar surface area (TPSA) is 84.5 Å². The maximum atomic E-state index is 12.5. The minimum Gasteiger partial charge on any atom is -0.341 e. The summed E-state index contributed by atoms with van der Waals surface area (Å²) in [6.07, 6.45) is 1.34. The first-order chi connectivity index (χ1) is 13.0. The predicted molar refractivity (Wildman–Crippen MR) is 102 cm³/mol. The third-order valence-corrected chi connectivity index (χ3v) is 5.98. The number of hydrogen-bond acceptors (Lipinski definition) is 6. The largest absolute Gasteiger partial charge is 0.341 e. The summed E-state index contributed by atoms with van der Waals surface area (Å²) in [6, 6.07) is 14.8. The SMILES string of the molecule is [2H]n1cnc2ccc(N(CCP(=O)(OC)OC)c3ccccc3)cc2c1=O. The van der Waals surface area contributed by atoms with Crippen molar-refractivity contribution in [3.63, 3.8) is 0 Å². The van der Waals surface area contributed by atoms with Crippen LogP contribution >= 0.6 is 7.60 Å². The van der Waals surface area contributed by atoms with Crippen LogP contribution < -0.4 is 10.5 Å². The number of anilines is 2. The molecule has 1 heterocycles. The van der Waals surface area contributed by atoms with Crippen LogP contribution in [0.4, 0.5) is 11.4 Å². The summed E-state index contributed by atoms with van der Waals surface area (Å²) in [6.45, 7) is 0.351. The molecule has 0 fully saturated rings. The molecule has 0 bridgehead atoms. The zero-order chi connectivity index (χ0) is 19.4. The highest BCUT2D eigenvalue weighted by Gasteiger charge is 2.23. The van der Waals surface area contributed by atoms with Gasteiger partial charge in [-0.25, -0.2) is 4.98 Å². The predicted octanol–water partition coefficient (Wildman–Crippen LogP) is 3.55. The summed E-state index contributed by atoms with van der Waals surface area (Å²) in [4.78, 5) is 19.0. The van der Waals surface area contributed by atoms with Crippen molar-refractivity contribution in [2.75, 3.05) is 31.8 Å². The molecule has 0 aliphatic carbocycles. The van der Waals surface area contributed by atoms with Crippen molar-refractivity contribution in [2.24, 2.45) is 0 Å². The first-order valence-electron chi connectivity index (χ1n) is 8.46. The molecule has 1 aromatic heterocycles. The van der Waals surface area contributed by atoms with Crippen LogP contribution in [-0.2, 0) is 13.6 Å². The van der Waals surface area contributed by atoms with Crippen LogP contribution in [0.3, 0.4) is 0 Å². The molecule has 3 rings (SSSR count). The summed E-state index contributed by atoms with van der Waals surface area (Å²) >= 11 is 0. The average molecular weight is 374 g/mol. The van der Waals surface area contributed by atoms with Crippen LogP contribution in [0.5, 0.6) is 0 Å². The van der Waals surface area contributed by atoms with E-state index in [9.17, 15) is 9.36 Å². The van der Waals surface area contributed by atoms with E-state index in [0.29, 0.717) is 22.4 Å². The first-order valence-corrected chi connectivity index (χ1v) is 9.74. The van der Waals surface area contributed by atoms with Crippen molar-refractivity contribution in [3.05, 3.63) is 65.2 Å². The molecule has 0 saturated carbocycles. The van der Waals surface area contributed by atoms with E-state index in [1.165, 1.54) is 20.5 Å². The second-order valence-corrected chi connectivity index (χ2v) is 7.97. The maximum absolute atomic E-state index is 12.5. The molecule has 2 aromatic carbocycles. The number of hydrogen-bond donors (Lipinski definition) is 1. The van der Waals surface area contributed by atoms with Gasteiger partial charge in [0.05, 0.1) is 23.4 Å². The molecule has 1 N–H and O–H groups in total. The Morgan fingerprint density at radius 2 is 1.88 bits per heavy atom. The van der Waals surface area contributed by atoms with Gasteiger partial charge in [0.15, 0.2) is 1.41 Å². The lowest BCUT2D eigenvalue weighted by molar-refractivity contribution is 0.276. The van der Waals surface area contributed by atoms with E-state index in [2.05, 4.69) is 4.98 Å². The number of benzene rings is 2. The molecule has 0 spiro atoms. The Labute approximate surface area is 152 Å². The number of nitrogens with zero attached hydrogens (tertiary/aromatic N) is 2. The second kappa shape index (κ2) is 7.83. The van der Waals surface area contributed by atoms with Gasteiger partial charge in [-0.05, 0) is 30.3 Å². The van der Waals surface area contributed by atoms with Crippen LogP contribution in [-0.4, -0.2) is 36.9 Å². The van der Waals surface area contributed by atoms with Crippen molar-refractivity contribution in [3.8, 4) is 0 Å². The van der Waals surface area contributed by atoms with Crippen molar-refractivity contribution in [2.45, 2.75) is 0 Å². The van der Waals surface area contributed by atoms with Crippen molar-refractivity contribution < 1.29 is 15.0 Å². The fourth-order valence-electron chi connectivity index (χ4n) is 2.68. The number of para-hydroxylation sites is 1. The van der Waals surface area contributed by atoms with Crippen LogP contribution in [0.1, 0.15) is 0 Å². The highest BCUT2D eigenvalue weighted by atomic mass is 31.2. The Morgan fingerprint density at radius 3 is 2.58 bits per heavy atom. The van der Waals surface area contributed by atoms with Crippen LogP contribution in [0.2, 0.25) is 1.41 Å². The zero-order valence-corrected chi connectivity index (χ0v) is 15.4. The number of fused-ring (bicyclic) bond motifs is 1. The summed E-state index contributed by atoms with van der Waals surface area (Å²) < 4.78 is 30.1.